The second-order valence-corrected chi connectivity index (χ2v) is 9.04. The van der Waals surface area contributed by atoms with Gasteiger partial charge in [0.25, 0.3) is 0 Å². The second-order valence-electron chi connectivity index (χ2n) is 9.04. The first kappa shape index (κ1) is 20.3. The molecule has 1 aliphatic carbocycles. The van der Waals surface area contributed by atoms with E-state index in [9.17, 15) is 15.8 Å². The van der Waals surface area contributed by atoms with Crippen molar-refractivity contribution in [1.82, 2.24) is 0 Å². The Kier molecular flexibility index (Phi) is 4.38. The van der Waals surface area contributed by atoms with Gasteiger partial charge in [-0.05, 0) is 36.8 Å². The molecular weight excluding hydrogens is 400 g/mol. The molecule has 2 bridgehead atoms. The highest BCUT2D eigenvalue weighted by Gasteiger charge is 2.80. The molecule has 6 heteroatoms. The van der Waals surface area contributed by atoms with Crippen molar-refractivity contribution in [1.29, 1.82) is 21.2 Å². The molecule has 2 aromatic carbocycles. The molecule has 2 heterocycles. The molecule has 0 aromatic heterocycles. The van der Waals surface area contributed by atoms with Crippen LogP contribution >= 0.6 is 0 Å². The van der Waals surface area contributed by atoms with E-state index in [2.05, 4.69) is 30.3 Å². The largest absolute Gasteiger partial charge is 0.447 e. The highest BCUT2D eigenvalue weighted by molar-refractivity contribution is 5.89. The molecule has 0 spiro atoms. The van der Waals surface area contributed by atoms with Crippen LogP contribution in [0, 0.1) is 63.1 Å². The van der Waals surface area contributed by atoms with E-state index in [0.29, 0.717) is 18.4 Å². The third-order valence-corrected chi connectivity index (χ3v) is 7.56. The highest BCUT2D eigenvalue weighted by Crippen LogP contribution is 2.70. The summed E-state index contributed by atoms with van der Waals surface area (Å²) in [7, 11) is 0. The quantitative estimate of drug-likeness (QED) is 0.739. The molecule has 2 aliphatic heterocycles. The van der Waals surface area contributed by atoms with E-state index in [1.807, 2.05) is 49.4 Å². The Balaban J connectivity index is 1.68. The van der Waals surface area contributed by atoms with E-state index in [1.54, 1.807) is 0 Å². The predicted molar refractivity (Wildman–Crippen MR) is 115 cm³/mol. The van der Waals surface area contributed by atoms with E-state index in [4.69, 9.17) is 14.9 Å². The van der Waals surface area contributed by atoms with Gasteiger partial charge in [-0.15, -0.1) is 0 Å². The van der Waals surface area contributed by atoms with Crippen molar-refractivity contribution in [2.45, 2.75) is 44.0 Å². The van der Waals surface area contributed by atoms with Crippen molar-refractivity contribution >= 4 is 5.90 Å². The Morgan fingerprint density at radius 1 is 0.938 bits per heavy atom. The number of aryl methyl sites for hydroxylation is 1. The molecule has 0 radical (unpaired) electrons. The van der Waals surface area contributed by atoms with Crippen LogP contribution < -0.4 is 0 Å². The second kappa shape index (κ2) is 6.92. The Morgan fingerprint density at radius 3 is 2.25 bits per heavy atom. The lowest BCUT2D eigenvalue weighted by atomic mass is 9.50. The summed E-state index contributed by atoms with van der Waals surface area (Å²) >= 11 is 0. The van der Waals surface area contributed by atoms with Gasteiger partial charge in [-0.1, -0.05) is 60.2 Å². The Labute approximate surface area is 187 Å². The summed E-state index contributed by atoms with van der Waals surface area (Å²) in [5.41, 5.74) is -0.804. The summed E-state index contributed by atoms with van der Waals surface area (Å²) in [5.74, 6) is -1.97. The fourth-order valence-electron chi connectivity index (χ4n) is 5.91. The molecule has 158 valence electrons. The molecular formula is C26H22N4O2. The van der Waals surface area contributed by atoms with Gasteiger partial charge in [-0.25, -0.2) is 0 Å². The van der Waals surface area contributed by atoms with Crippen molar-refractivity contribution in [3.8, 4) is 18.2 Å². The minimum Gasteiger partial charge on any atom is -0.447 e. The maximum absolute atomic E-state index is 10.5. The number of hydrogen-bond acceptors (Lipinski definition) is 6. The molecule has 3 aliphatic rings. The number of hydrogen-bond donors (Lipinski definition) is 1. The van der Waals surface area contributed by atoms with Crippen LogP contribution in [0.1, 0.15) is 48.0 Å². The fourth-order valence-corrected chi connectivity index (χ4v) is 5.91. The standard InChI is InChI=1S/C26H22N4O2/c1-17-7-9-19(10-8-17)22-24(14-27,15-28)25(16-29)21-13-20(18-5-3-2-4-6-18)11-12-26(21,31-22)32-23(25)30/h2-10,20-22,30H,11-13H2,1H3. The zero-order valence-electron chi connectivity index (χ0n) is 17.7. The van der Waals surface area contributed by atoms with Gasteiger partial charge in [0.15, 0.2) is 5.41 Å². The average molecular weight is 422 g/mol. The topological polar surface area (TPSA) is 114 Å². The van der Waals surface area contributed by atoms with E-state index < -0.39 is 28.6 Å². The Bertz CT molecular complexity index is 1190. The zero-order valence-corrected chi connectivity index (χ0v) is 17.7. The summed E-state index contributed by atoms with van der Waals surface area (Å²) in [6.45, 7) is 1.95. The van der Waals surface area contributed by atoms with Crippen LogP contribution in [0.25, 0.3) is 0 Å². The number of nitriles is 3. The van der Waals surface area contributed by atoms with Crippen LogP contribution in [0.2, 0.25) is 0 Å². The Morgan fingerprint density at radius 2 is 1.62 bits per heavy atom. The lowest BCUT2D eigenvalue weighted by Gasteiger charge is -2.52. The van der Waals surface area contributed by atoms with Crippen molar-refractivity contribution in [2.75, 3.05) is 0 Å². The molecule has 2 saturated heterocycles. The van der Waals surface area contributed by atoms with Crippen molar-refractivity contribution in [3.05, 3.63) is 71.3 Å². The molecule has 6 nitrogen and oxygen atoms in total. The summed E-state index contributed by atoms with van der Waals surface area (Å²) in [5, 5.41) is 40.0. The van der Waals surface area contributed by atoms with Gasteiger partial charge >= 0.3 is 0 Å². The van der Waals surface area contributed by atoms with Crippen molar-refractivity contribution in [3.63, 3.8) is 0 Å². The average Bonchev–Trinajstić information content (AvgIpc) is 3.03. The van der Waals surface area contributed by atoms with Crippen LogP contribution in [0.15, 0.2) is 54.6 Å². The van der Waals surface area contributed by atoms with E-state index >= 15 is 0 Å². The lowest BCUT2D eigenvalue weighted by Crippen LogP contribution is -2.60. The van der Waals surface area contributed by atoms with Gasteiger partial charge in [0.05, 0.1) is 24.1 Å². The first-order valence-electron chi connectivity index (χ1n) is 10.8. The number of rotatable bonds is 2. The molecule has 5 unspecified atom stereocenters. The maximum Gasteiger partial charge on any atom is 0.217 e. The Hall–Kier alpha value is -3.66. The summed E-state index contributed by atoms with van der Waals surface area (Å²) in [6.07, 6.45) is 0.761. The SMILES string of the molecule is Cc1ccc(C2OC34CCC(c5ccccc5)CC3C(C#N)(C(=N)O4)C2(C#N)C#N)cc1. The number of nitrogens with zero attached hydrogens (tertiary/aromatic N) is 3. The van der Waals surface area contributed by atoms with Crippen LogP contribution in [0.5, 0.6) is 0 Å². The highest BCUT2D eigenvalue weighted by atomic mass is 16.7. The third kappa shape index (κ3) is 2.38. The molecule has 1 N–H and O–H groups in total. The number of nitrogens with one attached hydrogen (secondary N) is 1. The normalized spacial score (nSPS) is 34.3. The molecule has 2 aromatic rings. The number of ether oxygens (including phenoxy) is 2. The van der Waals surface area contributed by atoms with Crippen LogP contribution in [-0.2, 0) is 9.47 Å². The molecule has 1 saturated carbocycles. The molecule has 0 amide bonds. The zero-order chi connectivity index (χ0) is 22.6. The van der Waals surface area contributed by atoms with Crippen LogP contribution in [-0.4, -0.2) is 11.7 Å². The van der Waals surface area contributed by atoms with E-state index in [1.165, 1.54) is 0 Å². The summed E-state index contributed by atoms with van der Waals surface area (Å²) in [4.78, 5) is 0. The lowest BCUT2D eigenvalue weighted by molar-refractivity contribution is -0.296. The van der Waals surface area contributed by atoms with Gasteiger partial charge in [0, 0.05) is 6.42 Å². The van der Waals surface area contributed by atoms with Gasteiger partial charge in [-0.3, -0.25) is 5.41 Å². The van der Waals surface area contributed by atoms with E-state index in [0.717, 1.165) is 17.5 Å². The van der Waals surface area contributed by atoms with E-state index in [-0.39, 0.29) is 11.8 Å². The van der Waals surface area contributed by atoms with Crippen molar-refractivity contribution < 1.29 is 9.47 Å². The first-order chi connectivity index (χ1) is 15.5. The van der Waals surface area contributed by atoms with Crippen LogP contribution in [0.3, 0.4) is 0 Å². The van der Waals surface area contributed by atoms with Gasteiger partial charge in [0.2, 0.25) is 17.1 Å². The van der Waals surface area contributed by atoms with Crippen molar-refractivity contribution in [2.24, 2.45) is 16.7 Å². The smallest absolute Gasteiger partial charge is 0.217 e. The monoisotopic (exact) mass is 422 g/mol. The third-order valence-electron chi connectivity index (χ3n) is 7.56. The van der Waals surface area contributed by atoms with Gasteiger partial charge < -0.3 is 9.47 Å². The molecule has 5 rings (SSSR count). The summed E-state index contributed by atoms with van der Waals surface area (Å²) < 4.78 is 12.5. The fraction of sp³-hybridized carbons (Fsp3) is 0.385. The minimum atomic E-state index is -1.91. The predicted octanol–water partition coefficient (Wildman–Crippen LogP) is 4.90. The van der Waals surface area contributed by atoms with Gasteiger partial charge in [0.1, 0.15) is 6.10 Å². The molecule has 32 heavy (non-hydrogen) atoms. The number of benzene rings is 2. The van der Waals surface area contributed by atoms with Crippen LogP contribution in [0.4, 0.5) is 0 Å². The van der Waals surface area contributed by atoms with Gasteiger partial charge in [-0.2, -0.15) is 15.8 Å². The maximum atomic E-state index is 10.5. The molecule has 3 fully saturated rings. The summed E-state index contributed by atoms with van der Waals surface area (Å²) in [6, 6.07) is 24.0. The first-order valence-corrected chi connectivity index (χ1v) is 10.8. The molecule has 5 atom stereocenters. The minimum absolute atomic E-state index is 0.131.